The van der Waals surface area contributed by atoms with Crippen molar-refractivity contribution in [2.75, 3.05) is 11.9 Å². The van der Waals surface area contributed by atoms with Crippen LogP contribution in [0, 0.1) is 12.8 Å². The van der Waals surface area contributed by atoms with E-state index in [0.717, 1.165) is 17.0 Å². The summed E-state index contributed by atoms with van der Waals surface area (Å²) >= 11 is 0. The third kappa shape index (κ3) is 3.72. The van der Waals surface area contributed by atoms with Gasteiger partial charge in [0.1, 0.15) is 11.6 Å². The highest BCUT2D eigenvalue weighted by Crippen LogP contribution is 2.26. The van der Waals surface area contributed by atoms with Crippen LogP contribution < -0.4 is 5.32 Å². The molecule has 2 rings (SSSR count). The molecule has 0 saturated carbocycles. The number of anilines is 1. The number of amides is 1. The highest BCUT2D eigenvalue weighted by atomic mass is 16.3. The van der Waals surface area contributed by atoms with Crippen LogP contribution in [0.2, 0.25) is 0 Å². The summed E-state index contributed by atoms with van der Waals surface area (Å²) in [4.78, 5) is 11.9. The molecule has 0 aliphatic rings. The molecule has 2 heterocycles. The Hall–Kier alpha value is -2.08. The van der Waals surface area contributed by atoms with Gasteiger partial charge in [0, 0.05) is 18.1 Å². The summed E-state index contributed by atoms with van der Waals surface area (Å²) in [6.07, 6.45) is 2.05. The fourth-order valence-corrected chi connectivity index (χ4v) is 2.13. The van der Waals surface area contributed by atoms with E-state index >= 15 is 0 Å². The second-order valence-electron chi connectivity index (χ2n) is 5.40. The number of rotatable bonds is 6. The molecule has 0 aliphatic carbocycles. The standard InChI is InChI=1S/C15H21N3O3/c1-10(2)8-15(20)16-14-9-13(17-18(14)5-6-19)12-4-7-21-11(12)3/h4,7,9-10,19H,5-6,8H2,1-3H3,(H,16,20). The van der Waals surface area contributed by atoms with Gasteiger partial charge < -0.3 is 14.8 Å². The first-order chi connectivity index (χ1) is 10.0. The Balaban J connectivity index is 2.25. The van der Waals surface area contributed by atoms with Crippen LogP contribution in [0.25, 0.3) is 11.3 Å². The highest BCUT2D eigenvalue weighted by Gasteiger charge is 2.15. The van der Waals surface area contributed by atoms with Crippen molar-refractivity contribution < 1.29 is 14.3 Å². The number of aliphatic hydroxyl groups excluding tert-OH is 1. The molecule has 2 N–H and O–H groups in total. The number of carbonyl (C=O) groups excluding carboxylic acids is 1. The molecule has 2 aromatic heterocycles. The lowest BCUT2D eigenvalue weighted by Crippen LogP contribution is -2.17. The van der Waals surface area contributed by atoms with Crippen LogP contribution >= 0.6 is 0 Å². The van der Waals surface area contributed by atoms with Crippen molar-refractivity contribution in [3.63, 3.8) is 0 Å². The lowest BCUT2D eigenvalue weighted by Gasteiger charge is -2.08. The third-order valence-electron chi connectivity index (χ3n) is 3.09. The molecule has 1 amide bonds. The molecule has 0 unspecified atom stereocenters. The van der Waals surface area contributed by atoms with Gasteiger partial charge in [-0.2, -0.15) is 5.10 Å². The second-order valence-corrected chi connectivity index (χ2v) is 5.40. The predicted molar refractivity (Wildman–Crippen MR) is 79.8 cm³/mol. The minimum atomic E-state index is -0.0560. The van der Waals surface area contributed by atoms with E-state index in [1.54, 1.807) is 17.0 Å². The monoisotopic (exact) mass is 291 g/mol. The van der Waals surface area contributed by atoms with Crippen molar-refractivity contribution in [2.24, 2.45) is 5.92 Å². The van der Waals surface area contributed by atoms with E-state index in [9.17, 15) is 4.79 Å². The number of aryl methyl sites for hydroxylation is 1. The maximum Gasteiger partial charge on any atom is 0.225 e. The van der Waals surface area contributed by atoms with Crippen molar-refractivity contribution in [1.82, 2.24) is 9.78 Å². The molecule has 0 radical (unpaired) electrons. The molecule has 21 heavy (non-hydrogen) atoms. The largest absolute Gasteiger partial charge is 0.469 e. The van der Waals surface area contributed by atoms with Crippen LogP contribution in [0.1, 0.15) is 26.0 Å². The van der Waals surface area contributed by atoms with E-state index in [4.69, 9.17) is 9.52 Å². The zero-order valence-electron chi connectivity index (χ0n) is 12.6. The molecular formula is C15H21N3O3. The fraction of sp³-hybridized carbons (Fsp3) is 0.467. The van der Waals surface area contributed by atoms with E-state index in [2.05, 4.69) is 10.4 Å². The van der Waals surface area contributed by atoms with E-state index in [1.165, 1.54) is 0 Å². The molecule has 0 bridgehead atoms. The second kappa shape index (κ2) is 6.58. The first kappa shape index (κ1) is 15.3. The van der Waals surface area contributed by atoms with E-state index < -0.39 is 0 Å². The average molecular weight is 291 g/mol. The van der Waals surface area contributed by atoms with Crippen molar-refractivity contribution >= 4 is 11.7 Å². The molecule has 6 nitrogen and oxygen atoms in total. The van der Waals surface area contributed by atoms with E-state index in [-0.39, 0.29) is 18.4 Å². The Morgan fingerprint density at radius 3 is 2.86 bits per heavy atom. The van der Waals surface area contributed by atoms with Crippen LogP contribution in [0.5, 0.6) is 0 Å². The summed E-state index contributed by atoms with van der Waals surface area (Å²) in [5.74, 6) is 1.59. The van der Waals surface area contributed by atoms with Gasteiger partial charge in [0.05, 0.1) is 25.1 Å². The zero-order chi connectivity index (χ0) is 15.4. The third-order valence-corrected chi connectivity index (χ3v) is 3.09. The number of hydrogen-bond acceptors (Lipinski definition) is 4. The van der Waals surface area contributed by atoms with Crippen LogP contribution in [0.4, 0.5) is 5.82 Å². The maximum atomic E-state index is 11.9. The van der Waals surface area contributed by atoms with Gasteiger partial charge in [-0.25, -0.2) is 4.68 Å². The zero-order valence-corrected chi connectivity index (χ0v) is 12.6. The molecule has 0 aromatic carbocycles. The average Bonchev–Trinajstić information content (AvgIpc) is 2.96. The minimum Gasteiger partial charge on any atom is -0.469 e. The Labute approximate surface area is 123 Å². The molecule has 0 fully saturated rings. The van der Waals surface area contributed by atoms with Crippen LogP contribution in [0.3, 0.4) is 0 Å². The van der Waals surface area contributed by atoms with Gasteiger partial charge in [-0.3, -0.25) is 4.79 Å². The summed E-state index contributed by atoms with van der Waals surface area (Å²) in [5.41, 5.74) is 1.60. The molecule has 114 valence electrons. The van der Waals surface area contributed by atoms with Crippen LogP contribution in [0.15, 0.2) is 22.8 Å². The molecule has 6 heteroatoms. The summed E-state index contributed by atoms with van der Waals surface area (Å²) in [6, 6.07) is 3.63. The first-order valence-electron chi connectivity index (χ1n) is 7.04. The lowest BCUT2D eigenvalue weighted by molar-refractivity contribution is -0.116. The Morgan fingerprint density at radius 1 is 1.52 bits per heavy atom. The Bertz CT molecular complexity index is 613. The number of nitrogens with zero attached hydrogens (tertiary/aromatic N) is 2. The van der Waals surface area contributed by atoms with Gasteiger partial charge in [-0.05, 0) is 18.9 Å². The number of hydrogen-bond donors (Lipinski definition) is 2. The quantitative estimate of drug-likeness (QED) is 0.856. The first-order valence-corrected chi connectivity index (χ1v) is 7.04. The molecule has 0 spiro atoms. The van der Waals surface area contributed by atoms with Gasteiger partial charge in [0.25, 0.3) is 0 Å². The normalized spacial score (nSPS) is 11.1. The van der Waals surface area contributed by atoms with Crippen molar-refractivity contribution in [1.29, 1.82) is 0 Å². The lowest BCUT2D eigenvalue weighted by atomic mass is 10.1. The summed E-state index contributed by atoms with van der Waals surface area (Å²) in [5, 5.41) is 16.4. The van der Waals surface area contributed by atoms with Gasteiger partial charge in [0.2, 0.25) is 5.91 Å². The van der Waals surface area contributed by atoms with Crippen molar-refractivity contribution in [3.8, 4) is 11.3 Å². The summed E-state index contributed by atoms with van der Waals surface area (Å²) < 4.78 is 6.87. The van der Waals surface area contributed by atoms with Crippen LogP contribution in [-0.4, -0.2) is 27.4 Å². The molecule has 0 saturated heterocycles. The maximum absolute atomic E-state index is 11.9. The van der Waals surface area contributed by atoms with Gasteiger partial charge in [0.15, 0.2) is 0 Å². The number of furan rings is 1. The van der Waals surface area contributed by atoms with Crippen LogP contribution in [-0.2, 0) is 11.3 Å². The molecular weight excluding hydrogens is 270 g/mol. The smallest absolute Gasteiger partial charge is 0.225 e. The number of carbonyl (C=O) groups is 1. The van der Waals surface area contributed by atoms with Gasteiger partial charge in [-0.1, -0.05) is 13.8 Å². The SMILES string of the molecule is Cc1occc1-c1cc(NC(=O)CC(C)C)n(CCO)n1. The van der Waals surface area contributed by atoms with Crippen molar-refractivity contribution in [2.45, 2.75) is 33.7 Å². The number of nitrogens with one attached hydrogen (secondary N) is 1. The highest BCUT2D eigenvalue weighted by molar-refractivity contribution is 5.90. The minimum absolute atomic E-state index is 0.0431. The fourth-order valence-electron chi connectivity index (χ4n) is 2.13. The molecule has 2 aromatic rings. The number of aliphatic hydroxyl groups is 1. The summed E-state index contributed by atoms with van der Waals surface area (Å²) in [7, 11) is 0. The topological polar surface area (TPSA) is 80.3 Å². The predicted octanol–water partition coefficient (Wildman–Crippen LogP) is 2.43. The number of aromatic nitrogens is 2. The van der Waals surface area contributed by atoms with E-state index in [0.29, 0.717) is 18.8 Å². The van der Waals surface area contributed by atoms with Gasteiger partial charge in [-0.15, -0.1) is 0 Å². The van der Waals surface area contributed by atoms with Crippen molar-refractivity contribution in [3.05, 3.63) is 24.2 Å². The Morgan fingerprint density at radius 2 is 2.29 bits per heavy atom. The Kier molecular flexibility index (Phi) is 4.80. The molecule has 0 aliphatic heterocycles. The summed E-state index contributed by atoms with van der Waals surface area (Å²) in [6.45, 7) is 6.12. The van der Waals surface area contributed by atoms with E-state index in [1.807, 2.05) is 26.8 Å². The van der Waals surface area contributed by atoms with Gasteiger partial charge >= 0.3 is 0 Å². The molecule has 0 atom stereocenters.